The Kier molecular flexibility index (Phi) is 5.25. The summed E-state index contributed by atoms with van der Waals surface area (Å²) in [6, 6.07) is 11.4. The fraction of sp³-hybridized carbons (Fsp3) is 0.429. The highest BCUT2D eigenvalue weighted by Gasteiger charge is 2.21. The molecule has 4 rings (SSSR count). The van der Waals surface area contributed by atoms with Crippen molar-refractivity contribution in [2.75, 3.05) is 24.3 Å². The van der Waals surface area contributed by atoms with E-state index in [9.17, 15) is 0 Å². The lowest BCUT2D eigenvalue weighted by atomic mass is 9.91. The van der Waals surface area contributed by atoms with Crippen LogP contribution in [-0.4, -0.2) is 41.1 Å². The molecule has 0 saturated heterocycles. The molecule has 6 nitrogen and oxygen atoms in total. The van der Waals surface area contributed by atoms with Crippen molar-refractivity contribution in [3.05, 3.63) is 48.3 Å². The van der Waals surface area contributed by atoms with Crippen molar-refractivity contribution in [3.8, 4) is 0 Å². The Morgan fingerprint density at radius 2 is 1.85 bits per heavy atom. The van der Waals surface area contributed by atoms with Gasteiger partial charge >= 0.3 is 0 Å². The first-order valence-corrected chi connectivity index (χ1v) is 9.74. The second kappa shape index (κ2) is 7.96. The van der Waals surface area contributed by atoms with E-state index in [2.05, 4.69) is 56.0 Å². The molecular weight excluding hydrogens is 336 g/mol. The molecule has 1 aliphatic carbocycles. The normalized spacial score (nSPS) is 19.9. The van der Waals surface area contributed by atoms with Gasteiger partial charge in [-0.2, -0.15) is 4.98 Å². The molecule has 3 N–H and O–H groups in total. The second-order valence-corrected chi connectivity index (χ2v) is 7.57. The van der Waals surface area contributed by atoms with Gasteiger partial charge in [0.25, 0.3) is 0 Å². The number of nitrogens with zero attached hydrogens (tertiary/aromatic N) is 3. The van der Waals surface area contributed by atoms with Crippen LogP contribution in [0.5, 0.6) is 0 Å². The molecule has 0 amide bonds. The lowest BCUT2D eigenvalue weighted by Gasteiger charge is -2.30. The lowest BCUT2D eigenvalue weighted by Crippen LogP contribution is -2.36. The van der Waals surface area contributed by atoms with Crippen molar-refractivity contribution in [1.82, 2.24) is 20.3 Å². The molecule has 3 aromatic rings. The van der Waals surface area contributed by atoms with Gasteiger partial charge in [0.15, 0.2) is 0 Å². The molecule has 2 heterocycles. The van der Waals surface area contributed by atoms with Crippen molar-refractivity contribution in [3.63, 3.8) is 0 Å². The van der Waals surface area contributed by atoms with E-state index in [1.165, 1.54) is 29.3 Å². The maximum absolute atomic E-state index is 4.57. The molecule has 0 radical (unpaired) electrons. The fourth-order valence-corrected chi connectivity index (χ4v) is 3.82. The number of hydrogen-bond acceptors (Lipinski definition) is 5. The van der Waals surface area contributed by atoms with Crippen LogP contribution < -0.4 is 15.5 Å². The Balaban J connectivity index is 1.27. The standard InChI is InChI=1S/C21H28N6/c1-27(2)20-11-12-22-21(26-20)25-17-9-7-16(8-10-17)23-13-15-14-24-19-6-4-3-5-18(15)19/h3-6,11-12,14,16-17,23-24H,7-10,13H2,1-2H3,(H,22,25,26). The van der Waals surface area contributed by atoms with Gasteiger partial charge in [-0.25, -0.2) is 4.98 Å². The van der Waals surface area contributed by atoms with E-state index in [-0.39, 0.29) is 0 Å². The Bertz CT molecular complexity index is 879. The predicted molar refractivity (Wildman–Crippen MR) is 111 cm³/mol. The molecule has 1 fully saturated rings. The summed E-state index contributed by atoms with van der Waals surface area (Å²) in [4.78, 5) is 14.3. The highest BCUT2D eigenvalue weighted by Crippen LogP contribution is 2.23. The molecule has 0 unspecified atom stereocenters. The maximum atomic E-state index is 4.57. The van der Waals surface area contributed by atoms with Gasteiger partial charge in [-0.05, 0) is 43.4 Å². The van der Waals surface area contributed by atoms with Crippen LogP contribution in [0.4, 0.5) is 11.8 Å². The molecule has 0 bridgehead atoms. The topological polar surface area (TPSA) is 68.9 Å². The number of hydrogen-bond donors (Lipinski definition) is 3. The van der Waals surface area contributed by atoms with Crippen LogP contribution in [0.3, 0.4) is 0 Å². The number of anilines is 2. The minimum atomic E-state index is 0.452. The van der Waals surface area contributed by atoms with Crippen LogP contribution in [0.1, 0.15) is 31.2 Å². The van der Waals surface area contributed by atoms with Crippen LogP contribution in [0, 0.1) is 0 Å². The van der Waals surface area contributed by atoms with E-state index in [0.29, 0.717) is 12.1 Å². The molecule has 0 atom stereocenters. The zero-order valence-electron chi connectivity index (χ0n) is 16.1. The number of nitrogens with one attached hydrogen (secondary N) is 3. The molecule has 0 spiro atoms. The Labute approximate surface area is 160 Å². The third-order valence-electron chi connectivity index (χ3n) is 5.42. The molecule has 2 aromatic heterocycles. The van der Waals surface area contributed by atoms with Gasteiger partial charge < -0.3 is 20.5 Å². The smallest absolute Gasteiger partial charge is 0.224 e. The summed E-state index contributed by atoms with van der Waals surface area (Å²) >= 11 is 0. The first kappa shape index (κ1) is 17.8. The highest BCUT2D eigenvalue weighted by molar-refractivity contribution is 5.82. The number of fused-ring (bicyclic) bond motifs is 1. The number of aromatic nitrogens is 3. The zero-order chi connectivity index (χ0) is 18.6. The van der Waals surface area contributed by atoms with Crippen molar-refractivity contribution < 1.29 is 0 Å². The van der Waals surface area contributed by atoms with Gasteiger partial charge in [-0.15, -0.1) is 0 Å². The van der Waals surface area contributed by atoms with Crippen LogP contribution >= 0.6 is 0 Å². The molecular formula is C21H28N6. The summed E-state index contributed by atoms with van der Waals surface area (Å²) in [7, 11) is 3.99. The molecule has 1 saturated carbocycles. The largest absolute Gasteiger partial charge is 0.363 e. The van der Waals surface area contributed by atoms with E-state index in [0.717, 1.165) is 31.2 Å². The maximum Gasteiger partial charge on any atom is 0.224 e. The van der Waals surface area contributed by atoms with Crippen molar-refractivity contribution in [1.29, 1.82) is 0 Å². The third kappa shape index (κ3) is 4.22. The quantitative estimate of drug-likeness (QED) is 0.624. The first-order valence-electron chi connectivity index (χ1n) is 9.74. The monoisotopic (exact) mass is 364 g/mol. The second-order valence-electron chi connectivity index (χ2n) is 7.57. The minimum absolute atomic E-state index is 0.452. The summed E-state index contributed by atoms with van der Waals surface area (Å²) in [5, 5.41) is 8.57. The zero-order valence-corrected chi connectivity index (χ0v) is 16.1. The van der Waals surface area contributed by atoms with Gasteiger partial charge in [0.1, 0.15) is 5.82 Å². The van der Waals surface area contributed by atoms with Gasteiger partial charge in [-0.3, -0.25) is 0 Å². The van der Waals surface area contributed by atoms with Crippen molar-refractivity contribution in [2.24, 2.45) is 0 Å². The highest BCUT2D eigenvalue weighted by atomic mass is 15.2. The molecule has 142 valence electrons. The van der Waals surface area contributed by atoms with Crippen LogP contribution in [-0.2, 0) is 6.54 Å². The summed E-state index contributed by atoms with van der Waals surface area (Å²) < 4.78 is 0. The number of H-pyrrole nitrogens is 1. The predicted octanol–water partition coefficient (Wildman–Crippen LogP) is 3.54. The van der Waals surface area contributed by atoms with E-state index in [4.69, 9.17) is 0 Å². The molecule has 0 aliphatic heterocycles. The van der Waals surface area contributed by atoms with Gasteiger partial charge in [0.2, 0.25) is 5.95 Å². The number of aromatic amines is 1. The summed E-state index contributed by atoms with van der Waals surface area (Å²) in [6.45, 7) is 0.917. The van der Waals surface area contributed by atoms with Crippen LogP contribution in [0.15, 0.2) is 42.7 Å². The van der Waals surface area contributed by atoms with Crippen molar-refractivity contribution in [2.45, 2.75) is 44.3 Å². The summed E-state index contributed by atoms with van der Waals surface area (Å²) in [5.41, 5.74) is 2.56. The first-order chi connectivity index (χ1) is 13.2. The average molecular weight is 364 g/mol. The Morgan fingerprint density at radius 3 is 2.67 bits per heavy atom. The van der Waals surface area contributed by atoms with Crippen LogP contribution in [0.25, 0.3) is 10.9 Å². The summed E-state index contributed by atoms with van der Waals surface area (Å²) in [6.07, 6.45) is 8.57. The average Bonchev–Trinajstić information content (AvgIpc) is 3.11. The van der Waals surface area contributed by atoms with Gasteiger partial charge in [0.05, 0.1) is 0 Å². The fourth-order valence-electron chi connectivity index (χ4n) is 3.82. The number of benzene rings is 1. The van der Waals surface area contributed by atoms with Crippen molar-refractivity contribution >= 4 is 22.7 Å². The minimum Gasteiger partial charge on any atom is -0.363 e. The summed E-state index contributed by atoms with van der Waals surface area (Å²) in [5.74, 6) is 1.66. The molecule has 6 heteroatoms. The van der Waals surface area contributed by atoms with Crippen LogP contribution in [0.2, 0.25) is 0 Å². The van der Waals surface area contributed by atoms with E-state index >= 15 is 0 Å². The number of rotatable bonds is 6. The van der Waals surface area contributed by atoms with Gasteiger partial charge in [0, 0.05) is 56.0 Å². The number of para-hydroxylation sites is 1. The van der Waals surface area contributed by atoms with Gasteiger partial charge in [-0.1, -0.05) is 18.2 Å². The molecule has 1 aliphatic rings. The van der Waals surface area contributed by atoms with E-state index < -0.39 is 0 Å². The molecule has 1 aromatic carbocycles. The SMILES string of the molecule is CN(C)c1ccnc(NC2CCC(NCc3c[nH]c4ccccc34)CC2)n1. The van der Waals surface area contributed by atoms with E-state index in [1.54, 1.807) is 0 Å². The van der Waals surface area contributed by atoms with E-state index in [1.807, 2.05) is 31.3 Å². The third-order valence-corrected chi connectivity index (χ3v) is 5.42. The lowest BCUT2D eigenvalue weighted by molar-refractivity contribution is 0.352. The Morgan fingerprint density at radius 1 is 1.07 bits per heavy atom. The Hall–Kier alpha value is -2.60. The molecule has 27 heavy (non-hydrogen) atoms.